The molecule has 1 aliphatic heterocycles. The Morgan fingerprint density at radius 1 is 1.43 bits per heavy atom. The zero-order chi connectivity index (χ0) is 14.8. The Hall–Kier alpha value is -2.14. The fourth-order valence-corrected chi connectivity index (χ4v) is 2.95. The lowest BCUT2D eigenvalue weighted by Crippen LogP contribution is -2.37. The van der Waals surface area contributed by atoms with Crippen LogP contribution in [0.5, 0.6) is 0 Å². The molecule has 5 nitrogen and oxygen atoms in total. The number of piperidine rings is 1. The summed E-state index contributed by atoms with van der Waals surface area (Å²) in [7, 11) is 0. The second-order valence-corrected chi connectivity index (χ2v) is 5.55. The molecule has 1 aliphatic rings. The molecular formula is C16H19N3O2. The Bertz CT molecular complexity index is 672. The van der Waals surface area contributed by atoms with Gasteiger partial charge in [0.2, 0.25) is 5.91 Å². The number of para-hydroxylation sites is 1. The number of aliphatic hydroxyl groups is 1. The van der Waals surface area contributed by atoms with Gasteiger partial charge < -0.3 is 15.7 Å². The van der Waals surface area contributed by atoms with Gasteiger partial charge in [0.05, 0.1) is 11.1 Å². The average Bonchev–Trinajstić information content (AvgIpc) is 2.53. The van der Waals surface area contributed by atoms with Crippen molar-refractivity contribution in [2.24, 2.45) is 11.7 Å². The summed E-state index contributed by atoms with van der Waals surface area (Å²) in [6.07, 6.45) is 2.05. The fourth-order valence-electron chi connectivity index (χ4n) is 2.95. The monoisotopic (exact) mass is 285 g/mol. The second-order valence-electron chi connectivity index (χ2n) is 5.55. The van der Waals surface area contributed by atoms with Crippen LogP contribution in [0.2, 0.25) is 0 Å². The third kappa shape index (κ3) is 2.69. The molecule has 2 heterocycles. The van der Waals surface area contributed by atoms with Crippen LogP contribution in [0.3, 0.4) is 0 Å². The molecule has 5 heteroatoms. The van der Waals surface area contributed by atoms with E-state index in [9.17, 15) is 9.90 Å². The maximum absolute atomic E-state index is 11.7. The summed E-state index contributed by atoms with van der Waals surface area (Å²) in [5.41, 5.74) is 6.78. The molecule has 1 aromatic carbocycles. The van der Waals surface area contributed by atoms with Crippen LogP contribution < -0.4 is 10.6 Å². The maximum atomic E-state index is 11.7. The summed E-state index contributed by atoms with van der Waals surface area (Å²) >= 11 is 0. The smallest absolute Gasteiger partial charge is 0.249 e. The molecule has 1 atom stereocenters. The van der Waals surface area contributed by atoms with E-state index in [-0.39, 0.29) is 12.5 Å². The van der Waals surface area contributed by atoms with Crippen molar-refractivity contribution in [3.63, 3.8) is 0 Å². The first kappa shape index (κ1) is 13.8. The number of aromatic nitrogens is 1. The number of carbonyl (C=O) groups excluding carboxylic acids is 1. The van der Waals surface area contributed by atoms with Crippen LogP contribution in [0.25, 0.3) is 10.9 Å². The molecule has 1 amide bonds. The topological polar surface area (TPSA) is 79.5 Å². The Balaban J connectivity index is 2.04. The van der Waals surface area contributed by atoms with E-state index >= 15 is 0 Å². The van der Waals surface area contributed by atoms with Gasteiger partial charge in [0.15, 0.2) is 0 Å². The van der Waals surface area contributed by atoms with E-state index in [0.29, 0.717) is 5.56 Å². The largest absolute Gasteiger partial charge is 0.396 e. The summed E-state index contributed by atoms with van der Waals surface area (Å²) in [5.74, 6) is 0.593. The van der Waals surface area contributed by atoms with E-state index in [1.54, 1.807) is 6.07 Å². The first-order valence-corrected chi connectivity index (χ1v) is 7.24. The van der Waals surface area contributed by atoms with Crippen molar-refractivity contribution >= 4 is 22.6 Å². The molecule has 0 unspecified atom stereocenters. The lowest BCUT2D eigenvalue weighted by atomic mass is 9.98. The van der Waals surface area contributed by atoms with Crippen LogP contribution in [-0.2, 0) is 0 Å². The van der Waals surface area contributed by atoms with E-state index in [1.807, 2.05) is 24.3 Å². The predicted molar refractivity (Wildman–Crippen MR) is 82.3 cm³/mol. The molecule has 0 radical (unpaired) electrons. The number of hydrogen-bond donors (Lipinski definition) is 2. The van der Waals surface area contributed by atoms with Gasteiger partial charge in [-0.2, -0.15) is 0 Å². The van der Waals surface area contributed by atoms with E-state index in [0.717, 1.165) is 42.7 Å². The Morgan fingerprint density at radius 3 is 3.00 bits per heavy atom. The van der Waals surface area contributed by atoms with Crippen LogP contribution in [0.15, 0.2) is 30.3 Å². The third-order valence-corrected chi connectivity index (χ3v) is 4.07. The number of hydrogen-bond acceptors (Lipinski definition) is 4. The fraction of sp³-hybridized carbons (Fsp3) is 0.375. The lowest BCUT2D eigenvalue weighted by molar-refractivity contribution is 0.100. The number of rotatable bonds is 3. The minimum atomic E-state index is -0.439. The van der Waals surface area contributed by atoms with E-state index in [4.69, 9.17) is 5.73 Å². The van der Waals surface area contributed by atoms with Crippen LogP contribution in [0, 0.1) is 5.92 Å². The highest BCUT2D eigenvalue weighted by molar-refractivity contribution is 6.06. The minimum Gasteiger partial charge on any atom is -0.396 e. The molecular weight excluding hydrogens is 266 g/mol. The summed E-state index contributed by atoms with van der Waals surface area (Å²) < 4.78 is 0. The highest BCUT2D eigenvalue weighted by atomic mass is 16.3. The standard InChI is InChI=1S/C16H19N3O2/c17-16(21)13-8-15(18-14-6-2-1-5-12(13)14)19-7-3-4-11(9-19)10-20/h1-2,5-6,8,11,20H,3-4,7,9-10H2,(H2,17,21)/t11-/m1/s1. The van der Waals surface area contributed by atoms with E-state index < -0.39 is 5.91 Å². The first-order valence-electron chi connectivity index (χ1n) is 7.24. The van der Waals surface area contributed by atoms with Gasteiger partial charge in [0.25, 0.3) is 0 Å². The van der Waals surface area contributed by atoms with Crippen molar-refractivity contribution in [2.75, 3.05) is 24.6 Å². The van der Waals surface area contributed by atoms with Crippen LogP contribution in [0.1, 0.15) is 23.2 Å². The number of fused-ring (bicyclic) bond motifs is 1. The maximum Gasteiger partial charge on any atom is 0.249 e. The lowest BCUT2D eigenvalue weighted by Gasteiger charge is -2.33. The summed E-state index contributed by atoms with van der Waals surface area (Å²) in [6.45, 7) is 1.84. The van der Waals surface area contributed by atoms with Gasteiger partial charge in [-0.25, -0.2) is 4.98 Å². The van der Waals surface area contributed by atoms with Crippen LogP contribution in [-0.4, -0.2) is 35.7 Å². The number of aliphatic hydroxyl groups excluding tert-OH is 1. The number of primary amides is 1. The molecule has 1 saturated heterocycles. The highest BCUT2D eigenvalue weighted by Gasteiger charge is 2.21. The van der Waals surface area contributed by atoms with Crippen molar-refractivity contribution in [2.45, 2.75) is 12.8 Å². The number of pyridine rings is 1. The molecule has 1 aromatic heterocycles. The highest BCUT2D eigenvalue weighted by Crippen LogP contribution is 2.26. The number of nitrogens with two attached hydrogens (primary N) is 1. The van der Waals surface area contributed by atoms with Crippen molar-refractivity contribution in [1.29, 1.82) is 0 Å². The normalized spacial score (nSPS) is 18.9. The van der Waals surface area contributed by atoms with Gasteiger partial charge >= 0.3 is 0 Å². The summed E-state index contributed by atoms with van der Waals surface area (Å²) in [4.78, 5) is 18.5. The van der Waals surface area contributed by atoms with E-state index in [2.05, 4.69) is 9.88 Å². The van der Waals surface area contributed by atoms with Gasteiger partial charge in [-0.1, -0.05) is 18.2 Å². The zero-order valence-corrected chi connectivity index (χ0v) is 11.8. The SMILES string of the molecule is NC(=O)c1cc(N2CCC[C@@H](CO)C2)nc2ccccc12. The number of carbonyl (C=O) groups is 1. The van der Waals surface area contributed by atoms with Gasteiger partial charge in [-0.15, -0.1) is 0 Å². The Morgan fingerprint density at radius 2 is 2.24 bits per heavy atom. The molecule has 0 bridgehead atoms. The molecule has 2 aromatic rings. The Labute approximate surface area is 123 Å². The minimum absolute atomic E-state index is 0.187. The number of nitrogens with zero attached hydrogens (tertiary/aromatic N) is 2. The number of benzene rings is 1. The first-order chi connectivity index (χ1) is 10.2. The molecule has 3 rings (SSSR count). The van der Waals surface area contributed by atoms with E-state index in [1.165, 1.54) is 0 Å². The van der Waals surface area contributed by atoms with Crippen LogP contribution in [0.4, 0.5) is 5.82 Å². The molecule has 21 heavy (non-hydrogen) atoms. The van der Waals surface area contributed by atoms with Gasteiger partial charge in [-0.3, -0.25) is 4.79 Å². The number of amides is 1. The summed E-state index contributed by atoms with van der Waals surface area (Å²) in [6, 6.07) is 9.29. The molecule has 1 fully saturated rings. The second kappa shape index (κ2) is 5.69. The van der Waals surface area contributed by atoms with Gasteiger partial charge in [-0.05, 0) is 30.9 Å². The Kier molecular flexibility index (Phi) is 3.75. The van der Waals surface area contributed by atoms with Crippen molar-refractivity contribution in [3.05, 3.63) is 35.9 Å². The van der Waals surface area contributed by atoms with Crippen molar-refractivity contribution < 1.29 is 9.90 Å². The molecule has 0 aliphatic carbocycles. The van der Waals surface area contributed by atoms with Gasteiger partial charge in [0, 0.05) is 25.1 Å². The molecule has 3 N–H and O–H groups in total. The summed E-state index contributed by atoms with van der Waals surface area (Å²) in [5, 5.41) is 10.1. The molecule has 110 valence electrons. The van der Waals surface area contributed by atoms with Crippen LogP contribution >= 0.6 is 0 Å². The quantitative estimate of drug-likeness (QED) is 0.896. The third-order valence-electron chi connectivity index (χ3n) is 4.07. The van der Waals surface area contributed by atoms with Crippen molar-refractivity contribution in [3.8, 4) is 0 Å². The number of anilines is 1. The predicted octanol–water partition coefficient (Wildman–Crippen LogP) is 1.54. The zero-order valence-electron chi connectivity index (χ0n) is 11.8. The van der Waals surface area contributed by atoms with Gasteiger partial charge in [0.1, 0.15) is 5.82 Å². The van der Waals surface area contributed by atoms with Crippen molar-refractivity contribution in [1.82, 2.24) is 4.98 Å². The average molecular weight is 285 g/mol. The molecule has 0 saturated carbocycles. The molecule has 0 spiro atoms.